The minimum atomic E-state index is -0.411. The third kappa shape index (κ3) is 5.82. The number of nitrogens with one attached hydrogen (secondary N) is 2. The zero-order valence-electron chi connectivity index (χ0n) is 19.1. The molecule has 34 heavy (non-hydrogen) atoms. The summed E-state index contributed by atoms with van der Waals surface area (Å²) in [5, 5.41) is 7.19. The summed E-state index contributed by atoms with van der Waals surface area (Å²) in [5.74, 6) is 0.282. The molecule has 0 fully saturated rings. The van der Waals surface area contributed by atoms with Crippen LogP contribution in [0.15, 0.2) is 65.9 Å². The van der Waals surface area contributed by atoms with Gasteiger partial charge in [0.25, 0.3) is 0 Å². The molecule has 3 aromatic rings. The van der Waals surface area contributed by atoms with Crippen LogP contribution in [0.1, 0.15) is 39.3 Å². The average molecular weight is 479 g/mol. The number of anilines is 3. The molecule has 3 heterocycles. The molecule has 0 saturated carbocycles. The molecule has 1 amide bonds. The predicted molar refractivity (Wildman–Crippen MR) is 133 cm³/mol. The van der Waals surface area contributed by atoms with Crippen LogP contribution >= 0.6 is 11.6 Å². The summed E-state index contributed by atoms with van der Waals surface area (Å²) in [5.41, 5.74) is 1.56. The van der Waals surface area contributed by atoms with E-state index in [9.17, 15) is 9.18 Å². The van der Waals surface area contributed by atoms with Crippen molar-refractivity contribution in [1.29, 1.82) is 0 Å². The number of carbonyl (C=O) groups excluding carboxylic acids is 1. The van der Waals surface area contributed by atoms with Crippen molar-refractivity contribution in [2.45, 2.75) is 33.6 Å². The lowest BCUT2D eigenvalue weighted by atomic mass is 9.92. The number of amides is 1. The summed E-state index contributed by atoms with van der Waals surface area (Å²) in [6, 6.07) is 7.00. The Bertz CT molecular complexity index is 1340. The molecule has 0 unspecified atom stereocenters. The quantitative estimate of drug-likeness (QED) is 0.447. The molecule has 0 aliphatic heterocycles. The van der Waals surface area contributed by atoms with Crippen LogP contribution in [0.2, 0.25) is 0 Å². The first-order valence-electron chi connectivity index (χ1n) is 10.8. The highest BCUT2D eigenvalue weighted by Crippen LogP contribution is 2.33. The lowest BCUT2D eigenvalue weighted by Gasteiger charge is -2.17. The highest BCUT2D eigenvalue weighted by Gasteiger charge is 2.18. The van der Waals surface area contributed by atoms with Gasteiger partial charge in [0.1, 0.15) is 23.8 Å². The van der Waals surface area contributed by atoms with Crippen LogP contribution in [-0.2, 0) is 4.79 Å². The van der Waals surface area contributed by atoms with Gasteiger partial charge in [-0.3, -0.25) is 4.79 Å². The normalized spacial score (nSPS) is 14.1. The number of allylic oxidation sites excluding steroid dienone is 6. The zero-order chi connectivity index (χ0) is 24.3. The lowest BCUT2D eigenvalue weighted by Crippen LogP contribution is -2.20. The summed E-state index contributed by atoms with van der Waals surface area (Å²) < 4.78 is 14.8. The number of halogens is 2. The van der Waals surface area contributed by atoms with Gasteiger partial charge in [-0.25, -0.2) is 24.3 Å². The van der Waals surface area contributed by atoms with E-state index in [0.717, 1.165) is 5.39 Å². The van der Waals surface area contributed by atoms with Gasteiger partial charge in [0.05, 0.1) is 11.4 Å². The Labute approximate surface area is 201 Å². The van der Waals surface area contributed by atoms with Gasteiger partial charge in [-0.2, -0.15) is 0 Å². The van der Waals surface area contributed by atoms with Crippen LogP contribution < -0.4 is 10.6 Å². The Morgan fingerprint density at radius 1 is 1.15 bits per heavy atom. The highest BCUT2D eigenvalue weighted by atomic mass is 35.5. The van der Waals surface area contributed by atoms with E-state index in [1.807, 2.05) is 26.8 Å². The lowest BCUT2D eigenvalue weighted by molar-refractivity contribution is -0.117. The van der Waals surface area contributed by atoms with E-state index < -0.39 is 5.83 Å². The largest absolute Gasteiger partial charge is 0.339 e. The Hall–Kier alpha value is -3.65. The average Bonchev–Trinajstić information content (AvgIpc) is 2.93. The van der Waals surface area contributed by atoms with Crippen LogP contribution in [0.4, 0.5) is 21.7 Å². The van der Waals surface area contributed by atoms with Crippen molar-refractivity contribution in [3.8, 4) is 0 Å². The molecule has 0 saturated heterocycles. The van der Waals surface area contributed by atoms with E-state index in [0.29, 0.717) is 46.5 Å². The molecule has 174 valence electrons. The van der Waals surface area contributed by atoms with Crippen LogP contribution in [-0.4, -0.2) is 25.8 Å². The summed E-state index contributed by atoms with van der Waals surface area (Å²) in [4.78, 5) is 29.6. The standard InChI is InChI=1S/C25H24ClFN6O/c1-25(2,3)13-23(34)33-22-12-21(29-14-30-22)31-19-11-20(32-24-16(19)7-5-9-28-24)17-10-15(26)6-4-8-18(17)27/h5-12,14H,4,13H2,1-3H3,(H2,28,29,30,31,32,33,34). The molecule has 3 aromatic heterocycles. The Balaban J connectivity index is 1.69. The second kappa shape index (κ2) is 9.69. The fraction of sp³-hybridized carbons (Fsp3) is 0.240. The van der Waals surface area contributed by atoms with E-state index in [4.69, 9.17) is 11.6 Å². The molecule has 2 N–H and O–H groups in total. The summed E-state index contributed by atoms with van der Waals surface area (Å²) in [6.07, 6.45) is 8.46. The molecule has 4 rings (SSSR count). The van der Waals surface area contributed by atoms with E-state index in [-0.39, 0.29) is 16.9 Å². The highest BCUT2D eigenvalue weighted by molar-refractivity contribution is 6.31. The minimum Gasteiger partial charge on any atom is -0.339 e. The van der Waals surface area contributed by atoms with E-state index in [1.165, 1.54) is 12.4 Å². The fourth-order valence-corrected chi connectivity index (χ4v) is 3.64. The third-order valence-electron chi connectivity index (χ3n) is 4.90. The number of rotatable bonds is 5. The molecular weight excluding hydrogens is 455 g/mol. The maximum absolute atomic E-state index is 14.8. The van der Waals surface area contributed by atoms with Crippen molar-refractivity contribution < 1.29 is 9.18 Å². The summed E-state index contributed by atoms with van der Waals surface area (Å²) >= 11 is 6.19. The van der Waals surface area contributed by atoms with Crippen LogP contribution in [0, 0.1) is 5.41 Å². The van der Waals surface area contributed by atoms with Gasteiger partial charge in [-0.05, 0) is 42.2 Å². The maximum atomic E-state index is 14.8. The predicted octanol–water partition coefficient (Wildman–Crippen LogP) is 6.30. The topological polar surface area (TPSA) is 92.7 Å². The van der Waals surface area contributed by atoms with Crippen molar-refractivity contribution in [2.24, 2.45) is 5.41 Å². The van der Waals surface area contributed by atoms with Crippen LogP contribution in [0.25, 0.3) is 16.6 Å². The molecule has 0 bridgehead atoms. The molecule has 0 spiro atoms. The van der Waals surface area contributed by atoms with Crippen molar-refractivity contribution in [2.75, 3.05) is 10.6 Å². The molecule has 9 heteroatoms. The second-order valence-electron chi connectivity index (χ2n) is 9.06. The van der Waals surface area contributed by atoms with E-state index in [1.54, 1.807) is 36.5 Å². The first kappa shape index (κ1) is 23.5. The Kier molecular flexibility index (Phi) is 6.70. The fourth-order valence-electron chi connectivity index (χ4n) is 3.45. The molecule has 1 aliphatic carbocycles. The zero-order valence-corrected chi connectivity index (χ0v) is 19.8. The van der Waals surface area contributed by atoms with Gasteiger partial charge in [-0.15, -0.1) is 0 Å². The number of nitrogens with zero attached hydrogens (tertiary/aromatic N) is 4. The van der Waals surface area contributed by atoms with Gasteiger partial charge in [0.15, 0.2) is 5.65 Å². The van der Waals surface area contributed by atoms with Crippen LogP contribution in [0.5, 0.6) is 0 Å². The Morgan fingerprint density at radius 3 is 2.74 bits per heavy atom. The van der Waals surface area contributed by atoms with Crippen molar-refractivity contribution >= 4 is 51.4 Å². The summed E-state index contributed by atoms with van der Waals surface area (Å²) in [6.45, 7) is 5.97. The molecule has 0 atom stereocenters. The van der Waals surface area contributed by atoms with Crippen molar-refractivity contribution in [3.63, 3.8) is 0 Å². The van der Waals surface area contributed by atoms with Gasteiger partial charge in [-0.1, -0.05) is 38.4 Å². The number of aromatic nitrogens is 4. The number of fused-ring (bicyclic) bond motifs is 1. The number of pyridine rings is 2. The van der Waals surface area contributed by atoms with E-state index in [2.05, 4.69) is 30.6 Å². The molecule has 0 aromatic carbocycles. The van der Waals surface area contributed by atoms with Gasteiger partial charge >= 0.3 is 0 Å². The summed E-state index contributed by atoms with van der Waals surface area (Å²) in [7, 11) is 0. The van der Waals surface area contributed by atoms with Gasteiger partial charge in [0.2, 0.25) is 5.91 Å². The smallest absolute Gasteiger partial charge is 0.226 e. The van der Waals surface area contributed by atoms with Crippen LogP contribution in [0.3, 0.4) is 0 Å². The van der Waals surface area contributed by atoms with Gasteiger partial charge in [0, 0.05) is 34.7 Å². The number of hydrogen-bond donors (Lipinski definition) is 2. The third-order valence-corrected chi connectivity index (χ3v) is 5.16. The monoisotopic (exact) mass is 478 g/mol. The van der Waals surface area contributed by atoms with E-state index >= 15 is 0 Å². The first-order chi connectivity index (χ1) is 16.2. The van der Waals surface area contributed by atoms with Gasteiger partial charge < -0.3 is 10.6 Å². The number of carbonyl (C=O) groups is 1. The SMILES string of the molecule is CC(C)(C)CC(=O)Nc1cc(Nc2cc(C3=CC(Cl)=CCC=C3F)nc3ncccc23)ncn1. The van der Waals surface area contributed by atoms with Crippen molar-refractivity contribution in [1.82, 2.24) is 19.9 Å². The minimum absolute atomic E-state index is 0.134. The molecular formula is C25H24ClFN6O. The van der Waals surface area contributed by atoms with Crippen molar-refractivity contribution in [3.05, 3.63) is 71.6 Å². The first-order valence-corrected chi connectivity index (χ1v) is 11.1. The molecule has 0 radical (unpaired) electrons. The second-order valence-corrected chi connectivity index (χ2v) is 9.50. The molecule has 7 nitrogen and oxygen atoms in total. The maximum Gasteiger partial charge on any atom is 0.226 e. The number of hydrogen-bond acceptors (Lipinski definition) is 6. The molecule has 1 aliphatic rings. The Morgan fingerprint density at radius 2 is 1.94 bits per heavy atom.